The molecular formula is C42H24N4. The van der Waals surface area contributed by atoms with Crippen molar-refractivity contribution >= 4 is 38.3 Å². The summed E-state index contributed by atoms with van der Waals surface area (Å²) in [5, 5.41) is 14.7. The second-order valence-electron chi connectivity index (χ2n) is 11.2. The fourth-order valence-corrected chi connectivity index (χ4v) is 6.29. The Bertz CT molecular complexity index is 2360. The third kappa shape index (κ3) is 4.63. The summed E-state index contributed by atoms with van der Waals surface area (Å²) in [7, 11) is 0. The van der Waals surface area contributed by atoms with Crippen LogP contribution >= 0.6 is 0 Å². The summed E-state index contributed by atoms with van der Waals surface area (Å²) in [5.41, 5.74) is 10.2. The topological polar surface area (TPSA) is 53.9 Å². The van der Waals surface area contributed by atoms with Gasteiger partial charge >= 0.3 is 0 Å². The first-order valence-electron chi connectivity index (χ1n) is 15.0. The predicted octanol–water partition coefficient (Wildman–Crippen LogP) is 11.0. The molecule has 4 heteroatoms. The molecule has 0 radical (unpaired) electrons. The van der Waals surface area contributed by atoms with E-state index in [1.165, 1.54) is 0 Å². The van der Waals surface area contributed by atoms with Crippen molar-refractivity contribution in [3.8, 4) is 50.8 Å². The fourth-order valence-electron chi connectivity index (χ4n) is 6.29. The molecule has 46 heavy (non-hydrogen) atoms. The highest BCUT2D eigenvalue weighted by Crippen LogP contribution is 2.38. The van der Waals surface area contributed by atoms with Crippen molar-refractivity contribution in [3.63, 3.8) is 0 Å². The third-order valence-corrected chi connectivity index (χ3v) is 8.58. The maximum atomic E-state index is 9.24. The fraction of sp³-hybridized carbons (Fsp3) is 0. The van der Waals surface area contributed by atoms with Gasteiger partial charge in [0.2, 0.25) is 0 Å². The molecule has 0 N–H and O–H groups in total. The van der Waals surface area contributed by atoms with Gasteiger partial charge in [-0.1, -0.05) is 109 Å². The first kappa shape index (κ1) is 27.0. The molecule has 6 aromatic carbocycles. The van der Waals surface area contributed by atoms with E-state index in [1.54, 1.807) is 0 Å². The summed E-state index contributed by atoms with van der Waals surface area (Å²) in [6.45, 7) is 7.29. The van der Waals surface area contributed by atoms with Crippen molar-refractivity contribution in [1.82, 2.24) is 9.97 Å². The van der Waals surface area contributed by atoms with Gasteiger partial charge in [-0.15, -0.1) is 0 Å². The van der Waals surface area contributed by atoms with Crippen LogP contribution in [-0.2, 0) is 0 Å². The van der Waals surface area contributed by atoms with Crippen LogP contribution in [-0.4, -0.2) is 9.97 Å². The van der Waals surface area contributed by atoms with E-state index in [2.05, 4.69) is 108 Å². The molecule has 2 aromatic heterocycles. The normalized spacial score (nSPS) is 11.0. The van der Waals surface area contributed by atoms with Crippen molar-refractivity contribution in [2.45, 2.75) is 0 Å². The van der Waals surface area contributed by atoms with Gasteiger partial charge < -0.3 is 0 Å². The first-order chi connectivity index (χ1) is 22.7. The zero-order chi connectivity index (χ0) is 31.0. The molecule has 0 unspecified atom stereocenters. The second-order valence-corrected chi connectivity index (χ2v) is 11.2. The van der Waals surface area contributed by atoms with E-state index in [0.717, 1.165) is 71.7 Å². The van der Waals surface area contributed by atoms with E-state index in [9.17, 15) is 5.26 Å². The summed E-state index contributed by atoms with van der Waals surface area (Å²) in [6.07, 6.45) is 0. The minimum atomic E-state index is 0.632. The van der Waals surface area contributed by atoms with Gasteiger partial charge in [-0.25, -0.2) is 14.8 Å². The van der Waals surface area contributed by atoms with Gasteiger partial charge in [-0.05, 0) is 80.2 Å². The largest absolute Gasteiger partial charge is 0.238 e. The predicted molar refractivity (Wildman–Crippen MR) is 187 cm³/mol. The maximum absolute atomic E-state index is 9.24. The Kier molecular flexibility index (Phi) is 6.53. The zero-order valence-corrected chi connectivity index (χ0v) is 24.6. The SMILES string of the molecule is [C-]#[N+]c1ccc(-c2ccc(-c3ccc4ccc(-c5ccc(-c6ccc(C#N)cc6)c6ccccc56)nc4n3)c3ccccc23)cc1. The van der Waals surface area contributed by atoms with Crippen LogP contribution in [0.25, 0.3) is 82.2 Å². The minimum Gasteiger partial charge on any atom is -0.238 e. The van der Waals surface area contributed by atoms with Crippen molar-refractivity contribution in [2.24, 2.45) is 0 Å². The highest BCUT2D eigenvalue weighted by atomic mass is 14.9. The van der Waals surface area contributed by atoms with Crippen LogP contribution in [0, 0.1) is 17.9 Å². The van der Waals surface area contributed by atoms with E-state index >= 15 is 0 Å². The number of hydrogen-bond acceptors (Lipinski definition) is 3. The molecule has 0 aliphatic carbocycles. The van der Waals surface area contributed by atoms with E-state index in [4.69, 9.17) is 16.5 Å². The molecule has 4 nitrogen and oxygen atoms in total. The van der Waals surface area contributed by atoms with E-state index in [1.807, 2.05) is 48.5 Å². The molecule has 0 fully saturated rings. The lowest BCUT2D eigenvalue weighted by Gasteiger charge is -2.13. The Morgan fingerprint density at radius 1 is 0.478 bits per heavy atom. The number of aromatic nitrogens is 2. The average molecular weight is 585 g/mol. The Morgan fingerprint density at radius 3 is 1.37 bits per heavy atom. The van der Waals surface area contributed by atoms with Gasteiger partial charge in [-0.2, -0.15) is 5.26 Å². The van der Waals surface area contributed by atoms with E-state index in [0.29, 0.717) is 16.9 Å². The van der Waals surface area contributed by atoms with Crippen LogP contribution in [0.3, 0.4) is 0 Å². The number of hydrogen-bond donors (Lipinski definition) is 0. The number of nitriles is 1. The summed E-state index contributed by atoms with van der Waals surface area (Å²) < 4.78 is 0. The molecule has 0 saturated heterocycles. The van der Waals surface area contributed by atoms with Crippen LogP contribution in [0.2, 0.25) is 0 Å². The van der Waals surface area contributed by atoms with Crippen LogP contribution in [0.1, 0.15) is 5.56 Å². The maximum Gasteiger partial charge on any atom is 0.187 e. The highest BCUT2D eigenvalue weighted by molar-refractivity contribution is 6.06. The first-order valence-corrected chi connectivity index (χ1v) is 15.0. The van der Waals surface area contributed by atoms with E-state index < -0.39 is 0 Å². The Labute approximate surface area is 266 Å². The molecule has 0 aliphatic heterocycles. The van der Waals surface area contributed by atoms with Gasteiger partial charge in [0.05, 0.1) is 29.6 Å². The molecule has 0 spiro atoms. The standard InChI is InChI=1S/C42H24N4/c1-44-31-18-14-29(15-19-31)33-21-23-39(37-9-5-3-7-35(33)37)41-25-17-30-16-24-40(45-42(30)46-41)38-22-20-32(34-6-2-4-8-36(34)38)28-12-10-27(26-43)11-13-28/h2-25H. The molecule has 0 bridgehead atoms. The summed E-state index contributed by atoms with van der Waals surface area (Å²) >= 11 is 0. The Hall–Kier alpha value is -6.62. The minimum absolute atomic E-state index is 0.632. The molecule has 0 aliphatic rings. The van der Waals surface area contributed by atoms with Crippen LogP contribution in [0.15, 0.2) is 146 Å². The Balaban J connectivity index is 1.23. The quantitative estimate of drug-likeness (QED) is 0.193. The second kappa shape index (κ2) is 11.1. The van der Waals surface area contributed by atoms with E-state index in [-0.39, 0.29) is 0 Å². The molecule has 212 valence electrons. The molecule has 0 amide bonds. The van der Waals surface area contributed by atoms with Crippen molar-refractivity contribution in [2.75, 3.05) is 0 Å². The number of fused-ring (bicyclic) bond motifs is 3. The molecule has 8 aromatic rings. The molecule has 0 saturated carbocycles. The lowest BCUT2D eigenvalue weighted by atomic mass is 9.93. The summed E-state index contributed by atoms with van der Waals surface area (Å²) in [5.74, 6) is 0. The smallest absolute Gasteiger partial charge is 0.187 e. The van der Waals surface area contributed by atoms with Crippen LogP contribution < -0.4 is 0 Å². The monoisotopic (exact) mass is 584 g/mol. The summed E-state index contributed by atoms with van der Waals surface area (Å²) in [4.78, 5) is 13.7. The molecule has 2 heterocycles. The van der Waals surface area contributed by atoms with Crippen molar-refractivity contribution < 1.29 is 0 Å². The van der Waals surface area contributed by atoms with Crippen molar-refractivity contribution in [3.05, 3.63) is 163 Å². The van der Waals surface area contributed by atoms with Gasteiger partial charge in [0.25, 0.3) is 0 Å². The highest BCUT2D eigenvalue weighted by Gasteiger charge is 2.14. The van der Waals surface area contributed by atoms with Gasteiger partial charge in [0, 0.05) is 16.5 Å². The van der Waals surface area contributed by atoms with Crippen LogP contribution in [0.5, 0.6) is 0 Å². The Morgan fingerprint density at radius 2 is 0.913 bits per heavy atom. The van der Waals surface area contributed by atoms with Gasteiger partial charge in [0.15, 0.2) is 11.3 Å². The average Bonchev–Trinajstić information content (AvgIpc) is 3.13. The van der Waals surface area contributed by atoms with Crippen LogP contribution in [0.4, 0.5) is 5.69 Å². The van der Waals surface area contributed by atoms with Crippen molar-refractivity contribution in [1.29, 1.82) is 5.26 Å². The summed E-state index contributed by atoms with van der Waals surface area (Å²) in [6, 6.07) is 51.3. The number of pyridine rings is 2. The lowest BCUT2D eigenvalue weighted by molar-refractivity contribution is 1.29. The molecular weight excluding hydrogens is 560 g/mol. The molecule has 8 rings (SSSR count). The number of benzene rings is 6. The third-order valence-electron chi connectivity index (χ3n) is 8.58. The lowest BCUT2D eigenvalue weighted by Crippen LogP contribution is -1.93. The molecule has 0 atom stereocenters. The van der Waals surface area contributed by atoms with Gasteiger partial charge in [-0.3, -0.25) is 0 Å². The number of nitrogens with zero attached hydrogens (tertiary/aromatic N) is 4. The number of rotatable bonds is 4. The zero-order valence-electron chi connectivity index (χ0n) is 24.6. The van der Waals surface area contributed by atoms with Gasteiger partial charge in [0.1, 0.15) is 0 Å².